The Morgan fingerprint density at radius 1 is 1.21 bits per heavy atom. The van der Waals surface area contributed by atoms with Crippen molar-refractivity contribution in [2.45, 2.75) is 51.0 Å². The van der Waals surface area contributed by atoms with Crippen LogP contribution in [-0.2, 0) is 0 Å². The summed E-state index contributed by atoms with van der Waals surface area (Å²) >= 11 is 1.78. The molecular weight excluding hydrogens is 252 g/mol. The lowest BCUT2D eigenvalue weighted by molar-refractivity contribution is -0.0622. The van der Waals surface area contributed by atoms with Crippen LogP contribution in [-0.4, -0.2) is 0 Å². The van der Waals surface area contributed by atoms with Crippen LogP contribution in [0.2, 0.25) is 0 Å². The van der Waals surface area contributed by atoms with Gasteiger partial charge in [0.25, 0.3) is 0 Å². The van der Waals surface area contributed by atoms with Crippen molar-refractivity contribution in [1.29, 1.82) is 0 Å². The lowest BCUT2D eigenvalue weighted by atomic mass is 9.48. The smallest absolute Gasteiger partial charge is 0.0473 e. The summed E-state index contributed by atoms with van der Waals surface area (Å²) in [7, 11) is 0. The number of hydrogen-bond acceptors (Lipinski definition) is 3. The van der Waals surface area contributed by atoms with E-state index in [0.29, 0.717) is 11.5 Å². The van der Waals surface area contributed by atoms with E-state index in [9.17, 15) is 0 Å². The summed E-state index contributed by atoms with van der Waals surface area (Å²) in [4.78, 5) is 0. The van der Waals surface area contributed by atoms with Gasteiger partial charge >= 0.3 is 0 Å². The Morgan fingerprint density at radius 3 is 2.32 bits per heavy atom. The quantitative estimate of drug-likeness (QED) is 0.647. The zero-order chi connectivity index (χ0) is 12.9. The second-order valence-corrected chi connectivity index (χ2v) is 8.18. The highest BCUT2D eigenvalue weighted by Gasteiger charge is 2.51. The molecule has 4 aliphatic carbocycles. The first-order valence-corrected chi connectivity index (χ1v) is 8.69. The molecule has 4 aliphatic rings. The fourth-order valence-electron chi connectivity index (χ4n) is 5.72. The Labute approximate surface area is 119 Å². The monoisotopic (exact) mass is 276 g/mol. The molecule has 3 N–H and O–H groups in total. The SMILES string of the molecule is NNC(CC12CC3CC(CC(C3)C1)C2)c1ccsc1. The van der Waals surface area contributed by atoms with Crippen LogP contribution in [0.25, 0.3) is 0 Å². The molecular formula is C16H24N2S. The van der Waals surface area contributed by atoms with Crippen molar-refractivity contribution >= 4 is 11.3 Å². The van der Waals surface area contributed by atoms with Gasteiger partial charge in [0.1, 0.15) is 0 Å². The summed E-state index contributed by atoms with van der Waals surface area (Å²) in [5.41, 5.74) is 5.08. The van der Waals surface area contributed by atoms with Gasteiger partial charge in [0.05, 0.1) is 0 Å². The van der Waals surface area contributed by atoms with Gasteiger partial charge in [-0.2, -0.15) is 11.3 Å². The van der Waals surface area contributed by atoms with Crippen molar-refractivity contribution in [3.63, 3.8) is 0 Å². The van der Waals surface area contributed by atoms with E-state index >= 15 is 0 Å². The fraction of sp³-hybridized carbons (Fsp3) is 0.750. The molecule has 104 valence electrons. The zero-order valence-electron chi connectivity index (χ0n) is 11.5. The fourth-order valence-corrected chi connectivity index (χ4v) is 6.43. The molecule has 1 aromatic heterocycles. The molecule has 1 unspecified atom stereocenters. The number of rotatable bonds is 4. The number of thiophene rings is 1. The highest BCUT2D eigenvalue weighted by Crippen LogP contribution is 2.62. The molecule has 0 aromatic carbocycles. The van der Waals surface area contributed by atoms with Gasteiger partial charge in [-0.1, -0.05) is 0 Å². The molecule has 0 saturated heterocycles. The Morgan fingerprint density at radius 2 is 1.84 bits per heavy atom. The number of hydrazine groups is 1. The Balaban J connectivity index is 1.55. The van der Waals surface area contributed by atoms with E-state index in [0.717, 1.165) is 17.8 Å². The third-order valence-corrected chi connectivity index (χ3v) is 6.65. The average Bonchev–Trinajstić information content (AvgIpc) is 2.88. The minimum absolute atomic E-state index is 0.363. The first-order chi connectivity index (χ1) is 9.26. The van der Waals surface area contributed by atoms with E-state index < -0.39 is 0 Å². The zero-order valence-corrected chi connectivity index (χ0v) is 12.3. The lowest BCUT2D eigenvalue weighted by Crippen LogP contribution is -2.47. The van der Waals surface area contributed by atoms with Gasteiger partial charge in [0, 0.05) is 6.04 Å². The molecule has 3 heteroatoms. The predicted octanol–water partition coefficient (Wildman–Crippen LogP) is 3.86. The van der Waals surface area contributed by atoms with E-state index in [1.54, 1.807) is 11.3 Å². The molecule has 4 bridgehead atoms. The van der Waals surface area contributed by atoms with E-state index in [1.807, 2.05) is 0 Å². The Bertz CT molecular complexity index is 404. The molecule has 1 heterocycles. The second-order valence-electron chi connectivity index (χ2n) is 7.40. The van der Waals surface area contributed by atoms with E-state index in [1.165, 1.54) is 50.5 Å². The third-order valence-electron chi connectivity index (χ3n) is 5.95. The van der Waals surface area contributed by atoms with Crippen LogP contribution in [0.1, 0.15) is 56.6 Å². The number of hydrogen-bond donors (Lipinski definition) is 2. The summed E-state index contributed by atoms with van der Waals surface area (Å²) in [6.45, 7) is 0. The standard InChI is InChI=1S/C16H24N2S/c17-18-15(14-1-2-19-10-14)9-16-6-11-3-12(7-16)5-13(4-11)8-16/h1-2,10-13,15,18H,3-9,17H2. The molecule has 0 aliphatic heterocycles. The summed E-state index contributed by atoms with van der Waals surface area (Å²) in [6.07, 6.45) is 10.3. The van der Waals surface area contributed by atoms with Crippen molar-refractivity contribution in [3.05, 3.63) is 22.4 Å². The van der Waals surface area contributed by atoms with Crippen LogP contribution >= 0.6 is 11.3 Å². The molecule has 5 rings (SSSR count). The van der Waals surface area contributed by atoms with Crippen molar-refractivity contribution in [1.82, 2.24) is 5.43 Å². The topological polar surface area (TPSA) is 38.0 Å². The van der Waals surface area contributed by atoms with Crippen molar-refractivity contribution in [2.75, 3.05) is 0 Å². The number of nitrogens with one attached hydrogen (secondary N) is 1. The van der Waals surface area contributed by atoms with Crippen LogP contribution in [0, 0.1) is 23.2 Å². The molecule has 2 nitrogen and oxygen atoms in total. The lowest BCUT2D eigenvalue weighted by Gasteiger charge is -2.57. The maximum atomic E-state index is 5.85. The normalized spacial score (nSPS) is 41.6. The van der Waals surface area contributed by atoms with Crippen molar-refractivity contribution < 1.29 is 0 Å². The van der Waals surface area contributed by atoms with Gasteiger partial charge in [0.2, 0.25) is 0 Å². The largest absolute Gasteiger partial charge is 0.271 e. The molecule has 0 spiro atoms. The van der Waals surface area contributed by atoms with Gasteiger partial charge in [-0.25, -0.2) is 0 Å². The van der Waals surface area contributed by atoms with Crippen LogP contribution in [0.3, 0.4) is 0 Å². The van der Waals surface area contributed by atoms with Gasteiger partial charge in [-0.05, 0) is 90.5 Å². The van der Waals surface area contributed by atoms with E-state index in [2.05, 4.69) is 22.3 Å². The van der Waals surface area contributed by atoms with Gasteiger partial charge < -0.3 is 0 Å². The first-order valence-electron chi connectivity index (χ1n) is 7.74. The van der Waals surface area contributed by atoms with Crippen LogP contribution in [0.5, 0.6) is 0 Å². The summed E-state index contributed by atoms with van der Waals surface area (Å²) in [5, 5.41) is 4.42. The maximum absolute atomic E-state index is 5.85. The average molecular weight is 276 g/mol. The highest BCUT2D eigenvalue weighted by atomic mass is 32.1. The van der Waals surface area contributed by atoms with Gasteiger partial charge in [-0.15, -0.1) is 0 Å². The highest BCUT2D eigenvalue weighted by molar-refractivity contribution is 7.07. The van der Waals surface area contributed by atoms with Crippen LogP contribution in [0.15, 0.2) is 16.8 Å². The minimum atomic E-state index is 0.363. The molecule has 19 heavy (non-hydrogen) atoms. The Hall–Kier alpha value is -0.380. The molecule has 0 radical (unpaired) electrons. The molecule has 4 saturated carbocycles. The second kappa shape index (κ2) is 4.57. The Kier molecular flexibility index (Phi) is 2.98. The molecule has 1 aromatic rings. The van der Waals surface area contributed by atoms with Crippen LogP contribution in [0.4, 0.5) is 0 Å². The third kappa shape index (κ3) is 2.16. The summed E-state index contributed by atoms with van der Waals surface area (Å²) in [5.74, 6) is 8.95. The summed E-state index contributed by atoms with van der Waals surface area (Å²) in [6, 6.07) is 2.60. The molecule has 0 amide bonds. The van der Waals surface area contributed by atoms with Crippen molar-refractivity contribution in [2.24, 2.45) is 29.0 Å². The summed E-state index contributed by atoms with van der Waals surface area (Å²) < 4.78 is 0. The van der Waals surface area contributed by atoms with E-state index in [4.69, 9.17) is 5.84 Å². The van der Waals surface area contributed by atoms with E-state index in [-0.39, 0.29) is 0 Å². The predicted molar refractivity (Wildman–Crippen MR) is 79.6 cm³/mol. The van der Waals surface area contributed by atoms with Crippen LogP contribution < -0.4 is 11.3 Å². The maximum Gasteiger partial charge on any atom is 0.0473 e. The minimum Gasteiger partial charge on any atom is -0.271 e. The molecule has 4 fully saturated rings. The molecule has 1 atom stereocenters. The van der Waals surface area contributed by atoms with Gasteiger partial charge in [-0.3, -0.25) is 11.3 Å². The number of nitrogens with two attached hydrogens (primary N) is 1. The van der Waals surface area contributed by atoms with Crippen molar-refractivity contribution in [3.8, 4) is 0 Å². The first kappa shape index (κ1) is 12.4. The van der Waals surface area contributed by atoms with Gasteiger partial charge in [0.15, 0.2) is 0 Å².